The number of carbonyl (C=O) groups is 1. The zero-order valence-electron chi connectivity index (χ0n) is 13.1. The molecule has 1 fully saturated rings. The lowest BCUT2D eigenvalue weighted by Gasteiger charge is -2.19. The minimum absolute atomic E-state index is 0.0278. The van der Waals surface area contributed by atoms with Gasteiger partial charge in [-0.3, -0.25) is 9.78 Å². The molecule has 1 amide bonds. The predicted molar refractivity (Wildman–Crippen MR) is 82.4 cm³/mol. The molecule has 3 heterocycles. The Bertz CT molecular complexity index is 638. The first kappa shape index (κ1) is 15.6. The lowest BCUT2D eigenvalue weighted by Crippen LogP contribution is -2.40. The van der Waals surface area contributed by atoms with E-state index < -0.39 is 0 Å². The number of amides is 1. The van der Waals surface area contributed by atoms with Crippen LogP contribution in [0.5, 0.6) is 0 Å². The van der Waals surface area contributed by atoms with Gasteiger partial charge in [-0.25, -0.2) is 0 Å². The zero-order chi connectivity index (χ0) is 16.1. The van der Waals surface area contributed by atoms with E-state index in [1.54, 1.807) is 12.4 Å². The molecule has 2 atom stereocenters. The summed E-state index contributed by atoms with van der Waals surface area (Å²) >= 11 is 0. The van der Waals surface area contributed by atoms with Gasteiger partial charge >= 0.3 is 0 Å². The van der Waals surface area contributed by atoms with Gasteiger partial charge in [-0.2, -0.15) is 4.98 Å². The van der Waals surface area contributed by atoms with Crippen molar-refractivity contribution in [2.24, 2.45) is 0 Å². The largest absolute Gasteiger partial charge is 0.376 e. The van der Waals surface area contributed by atoms with Crippen LogP contribution >= 0.6 is 0 Å². The third-order valence-corrected chi connectivity index (χ3v) is 3.88. The molecule has 0 aliphatic carbocycles. The second-order valence-electron chi connectivity index (χ2n) is 5.66. The third kappa shape index (κ3) is 4.13. The van der Waals surface area contributed by atoms with E-state index >= 15 is 0 Å². The second-order valence-corrected chi connectivity index (χ2v) is 5.66. The SMILES string of the molecule is C[C@@H](NC(=O)CCc1nc(-c2ccncc2)no1)[C@@H]1CCCO1. The molecule has 23 heavy (non-hydrogen) atoms. The summed E-state index contributed by atoms with van der Waals surface area (Å²) in [4.78, 5) is 20.2. The molecule has 3 rings (SSSR count). The van der Waals surface area contributed by atoms with Crippen molar-refractivity contribution < 1.29 is 14.1 Å². The Morgan fingerprint density at radius 2 is 2.26 bits per heavy atom. The van der Waals surface area contributed by atoms with Gasteiger partial charge in [0, 0.05) is 37.4 Å². The number of rotatable bonds is 6. The Balaban J connectivity index is 1.48. The Kier molecular flexibility index (Phi) is 4.97. The molecule has 0 bridgehead atoms. The number of aromatic nitrogens is 3. The van der Waals surface area contributed by atoms with E-state index in [2.05, 4.69) is 20.4 Å². The molecular weight excluding hydrogens is 296 g/mol. The summed E-state index contributed by atoms with van der Waals surface area (Å²) < 4.78 is 10.8. The first-order chi connectivity index (χ1) is 11.2. The number of ether oxygens (including phenoxy) is 1. The molecule has 0 saturated carbocycles. The molecule has 1 aliphatic rings. The topological polar surface area (TPSA) is 90.1 Å². The number of hydrogen-bond acceptors (Lipinski definition) is 6. The summed E-state index contributed by atoms with van der Waals surface area (Å²) in [6.07, 6.45) is 6.26. The Morgan fingerprint density at radius 3 is 3.00 bits per heavy atom. The van der Waals surface area contributed by atoms with Crippen molar-refractivity contribution in [3.8, 4) is 11.4 Å². The van der Waals surface area contributed by atoms with Gasteiger partial charge in [-0.15, -0.1) is 0 Å². The summed E-state index contributed by atoms with van der Waals surface area (Å²) in [6.45, 7) is 2.76. The minimum atomic E-state index is -0.0309. The van der Waals surface area contributed by atoms with Crippen molar-refractivity contribution in [2.75, 3.05) is 6.61 Å². The van der Waals surface area contributed by atoms with E-state index in [0.717, 1.165) is 25.0 Å². The number of hydrogen-bond donors (Lipinski definition) is 1. The van der Waals surface area contributed by atoms with Crippen LogP contribution in [0.1, 0.15) is 32.1 Å². The van der Waals surface area contributed by atoms with Gasteiger partial charge in [-0.05, 0) is 31.9 Å². The van der Waals surface area contributed by atoms with Gasteiger partial charge in [0.05, 0.1) is 12.1 Å². The Labute approximate surface area is 134 Å². The Hall–Kier alpha value is -2.28. The van der Waals surface area contributed by atoms with Crippen molar-refractivity contribution in [1.29, 1.82) is 0 Å². The molecule has 0 spiro atoms. The van der Waals surface area contributed by atoms with Crippen LogP contribution in [0.15, 0.2) is 29.0 Å². The van der Waals surface area contributed by atoms with Crippen LogP contribution in [0.4, 0.5) is 0 Å². The molecule has 2 aromatic rings. The highest BCUT2D eigenvalue weighted by Crippen LogP contribution is 2.16. The normalized spacial score (nSPS) is 18.7. The van der Waals surface area contributed by atoms with Crippen molar-refractivity contribution in [3.05, 3.63) is 30.4 Å². The fourth-order valence-corrected chi connectivity index (χ4v) is 2.61. The van der Waals surface area contributed by atoms with Crippen LogP contribution in [0.25, 0.3) is 11.4 Å². The van der Waals surface area contributed by atoms with E-state index in [0.29, 0.717) is 24.6 Å². The molecule has 1 saturated heterocycles. The second kappa shape index (κ2) is 7.32. The molecule has 1 N–H and O–H groups in total. The predicted octanol–water partition coefficient (Wildman–Crippen LogP) is 1.75. The van der Waals surface area contributed by atoms with Crippen LogP contribution in [-0.2, 0) is 16.0 Å². The average molecular weight is 316 g/mol. The van der Waals surface area contributed by atoms with Crippen LogP contribution in [-0.4, -0.2) is 39.8 Å². The maximum Gasteiger partial charge on any atom is 0.227 e. The van der Waals surface area contributed by atoms with Crippen molar-refractivity contribution in [2.45, 2.75) is 44.8 Å². The summed E-state index contributed by atoms with van der Waals surface area (Å²) in [5, 5.41) is 6.89. The van der Waals surface area contributed by atoms with Crippen LogP contribution < -0.4 is 5.32 Å². The third-order valence-electron chi connectivity index (χ3n) is 3.88. The lowest BCUT2D eigenvalue weighted by atomic mass is 10.1. The number of nitrogens with zero attached hydrogens (tertiary/aromatic N) is 3. The number of aryl methyl sites for hydroxylation is 1. The molecule has 1 aliphatic heterocycles. The van der Waals surface area contributed by atoms with Crippen LogP contribution in [0, 0.1) is 0 Å². The Morgan fingerprint density at radius 1 is 1.43 bits per heavy atom. The minimum Gasteiger partial charge on any atom is -0.376 e. The summed E-state index contributed by atoms with van der Waals surface area (Å²) in [7, 11) is 0. The number of nitrogens with one attached hydrogen (secondary N) is 1. The molecule has 122 valence electrons. The molecular formula is C16H20N4O3. The average Bonchev–Trinajstić information content (AvgIpc) is 3.25. The first-order valence-electron chi connectivity index (χ1n) is 7.86. The highest BCUT2D eigenvalue weighted by atomic mass is 16.5. The lowest BCUT2D eigenvalue weighted by molar-refractivity contribution is -0.122. The maximum atomic E-state index is 12.0. The van der Waals surface area contributed by atoms with E-state index in [1.165, 1.54) is 0 Å². The van der Waals surface area contributed by atoms with Gasteiger partial charge in [0.25, 0.3) is 0 Å². The fraction of sp³-hybridized carbons (Fsp3) is 0.500. The van der Waals surface area contributed by atoms with E-state index in [-0.39, 0.29) is 18.1 Å². The van der Waals surface area contributed by atoms with Gasteiger partial charge in [0.15, 0.2) is 0 Å². The molecule has 2 aromatic heterocycles. The summed E-state index contributed by atoms with van der Waals surface area (Å²) in [5.74, 6) is 0.934. The zero-order valence-corrected chi connectivity index (χ0v) is 13.1. The summed E-state index contributed by atoms with van der Waals surface area (Å²) in [6, 6.07) is 3.65. The highest BCUT2D eigenvalue weighted by Gasteiger charge is 2.23. The van der Waals surface area contributed by atoms with Gasteiger partial charge in [0.1, 0.15) is 0 Å². The molecule has 7 nitrogen and oxygen atoms in total. The quantitative estimate of drug-likeness (QED) is 0.873. The van der Waals surface area contributed by atoms with Gasteiger partial charge in [-0.1, -0.05) is 5.16 Å². The van der Waals surface area contributed by atoms with E-state index in [9.17, 15) is 4.79 Å². The van der Waals surface area contributed by atoms with Crippen molar-refractivity contribution >= 4 is 5.91 Å². The van der Waals surface area contributed by atoms with Crippen molar-refractivity contribution in [1.82, 2.24) is 20.4 Å². The van der Waals surface area contributed by atoms with Gasteiger partial charge < -0.3 is 14.6 Å². The molecule has 0 aromatic carbocycles. The summed E-state index contributed by atoms with van der Waals surface area (Å²) in [5.41, 5.74) is 0.839. The standard InChI is InChI=1S/C16H20N4O3/c1-11(13-3-2-10-22-13)18-14(21)4-5-15-19-16(20-23-15)12-6-8-17-9-7-12/h6-9,11,13H,2-5,10H2,1H3,(H,18,21)/t11-,13+/m1/s1. The highest BCUT2D eigenvalue weighted by molar-refractivity contribution is 5.76. The maximum absolute atomic E-state index is 12.0. The fourth-order valence-electron chi connectivity index (χ4n) is 2.61. The van der Waals surface area contributed by atoms with E-state index in [4.69, 9.17) is 9.26 Å². The smallest absolute Gasteiger partial charge is 0.227 e. The van der Waals surface area contributed by atoms with Gasteiger partial charge in [0.2, 0.25) is 17.6 Å². The number of carbonyl (C=O) groups excluding carboxylic acids is 1. The monoisotopic (exact) mass is 316 g/mol. The molecule has 0 radical (unpaired) electrons. The van der Waals surface area contributed by atoms with Crippen LogP contribution in [0.2, 0.25) is 0 Å². The molecule has 7 heteroatoms. The number of pyridine rings is 1. The first-order valence-corrected chi connectivity index (χ1v) is 7.86. The van der Waals surface area contributed by atoms with Crippen molar-refractivity contribution in [3.63, 3.8) is 0 Å². The molecule has 0 unspecified atom stereocenters. The van der Waals surface area contributed by atoms with E-state index in [1.807, 2.05) is 19.1 Å². The van der Waals surface area contributed by atoms with Crippen LogP contribution in [0.3, 0.4) is 0 Å².